The fourth-order valence-electron chi connectivity index (χ4n) is 1.36. The van der Waals surface area contributed by atoms with Gasteiger partial charge in [-0.2, -0.15) is 8.42 Å². The van der Waals surface area contributed by atoms with E-state index in [9.17, 15) is 8.42 Å². The molecule has 4 nitrogen and oxygen atoms in total. The van der Waals surface area contributed by atoms with Crippen LogP contribution in [-0.2, 0) is 16.7 Å². The normalized spacial score (nSPS) is 11.8. The molecule has 0 aliphatic rings. The molecule has 0 radical (unpaired) electrons. The van der Waals surface area contributed by atoms with Crippen molar-refractivity contribution < 1.29 is 12.6 Å². The Kier molecular flexibility index (Phi) is 3.93. The summed E-state index contributed by atoms with van der Waals surface area (Å²) in [6.07, 6.45) is 1.02. The van der Waals surface area contributed by atoms with Crippen LogP contribution in [-0.4, -0.2) is 14.7 Å². The Bertz CT molecular complexity index is 466. The van der Waals surface area contributed by atoms with Gasteiger partial charge in [0.25, 0.3) is 0 Å². The van der Waals surface area contributed by atoms with E-state index in [-0.39, 0.29) is 0 Å². The Balaban J connectivity index is 3.14. The average molecular weight is 243 g/mol. The number of hydrogen-bond acceptors (Lipinski definition) is 4. The SMILES string of the molecule is CC(C)c1cc(CN)cc(OS(C)(=O)=O)c1. The Hall–Kier alpha value is -1.07. The standard InChI is InChI=1S/C11H17NO3S/c1-8(2)10-4-9(7-12)5-11(6-10)15-16(3,13)14/h4-6,8H,7,12H2,1-3H3. The Morgan fingerprint density at radius 1 is 1.31 bits per heavy atom. The van der Waals surface area contributed by atoms with Crippen LogP contribution in [0.5, 0.6) is 5.75 Å². The molecule has 0 spiro atoms. The van der Waals surface area contributed by atoms with Crippen molar-refractivity contribution in [3.8, 4) is 5.75 Å². The van der Waals surface area contributed by atoms with Crippen LogP contribution in [0, 0.1) is 0 Å². The molecule has 0 fully saturated rings. The first-order chi connectivity index (χ1) is 7.31. The molecule has 16 heavy (non-hydrogen) atoms. The van der Waals surface area contributed by atoms with E-state index in [4.69, 9.17) is 9.92 Å². The van der Waals surface area contributed by atoms with Crippen molar-refractivity contribution in [3.63, 3.8) is 0 Å². The molecule has 0 saturated carbocycles. The maximum atomic E-state index is 11.0. The molecular weight excluding hydrogens is 226 g/mol. The van der Waals surface area contributed by atoms with Crippen LogP contribution < -0.4 is 9.92 Å². The van der Waals surface area contributed by atoms with Crippen LogP contribution >= 0.6 is 0 Å². The van der Waals surface area contributed by atoms with Gasteiger partial charge in [0.15, 0.2) is 0 Å². The largest absolute Gasteiger partial charge is 0.383 e. The second-order valence-electron chi connectivity index (χ2n) is 4.06. The van der Waals surface area contributed by atoms with Crippen molar-refractivity contribution >= 4 is 10.1 Å². The number of rotatable bonds is 4. The second-order valence-corrected chi connectivity index (χ2v) is 5.63. The zero-order valence-electron chi connectivity index (χ0n) is 9.73. The molecule has 0 heterocycles. The Labute approximate surface area is 96.5 Å². The fourth-order valence-corrected chi connectivity index (χ4v) is 1.81. The zero-order valence-corrected chi connectivity index (χ0v) is 10.5. The molecule has 0 aliphatic heterocycles. The summed E-state index contributed by atoms with van der Waals surface area (Å²) in [5.74, 6) is 0.627. The third-order valence-corrected chi connectivity index (χ3v) is 2.63. The van der Waals surface area contributed by atoms with E-state index in [0.717, 1.165) is 17.4 Å². The van der Waals surface area contributed by atoms with Gasteiger partial charge in [0.1, 0.15) is 5.75 Å². The molecule has 1 rings (SSSR count). The molecule has 0 bridgehead atoms. The minimum absolute atomic E-state index is 0.299. The van der Waals surface area contributed by atoms with Gasteiger partial charge in [-0.3, -0.25) is 0 Å². The molecule has 0 aromatic heterocycles. The van der Waals surface area contributed by atoms with Gasteiger partial charge in [0.05, 0.1) is 6.26 Å². The van der Waals surface area contributed by atoms with Crippen LogP contribution in [0.15, 0.2) is 18.2 Å². The topological polar surface area (TPSA) is 69.4 Å². The van der Waals surface area contributed by atoms with Gasteiger partial charge in [0.2, 0.25) is 0 Å². The molecule has 5 heteroatoms. The summed E-state index contributed by atoms with van der Waals surface area (Å²) >= 11 is 0. The van der Waals surface area contributed by atoms with Gasteiger partial charge in [-0.05, 0) is 29.2 Å². The molecule has 0 unspecified atom stereocenters. The first-order valence-electron chi connectivity index (χ1n) is 5.05. The predicted octanol–water partition coefficient (Wildman–Crippen LogP) is 1.61. The van der Waals surface area contributed by atoms with Gasteiger partial charge in [0, 0.05) is 6.54 Å². The molecule has 0 aliphatic carbocycles. The van der Waals surface area contributed by atoms with Crippen molar-refractivity contribution in [2.45, 2.75) is 26.3 Å². The maximum absolute atomic E-state index is 11.0. The summed E-state index contributed by atoms with van der Waals surface area (Å²) < 4.78 is 26.9. The summed E-state index contributed by atoms with van der Waals surface area (Å²) in [7, 11) is -3.49. The minimum Gasteiger partial charge on any atom is -0.383 e. The Morgan fingerprint density at radius 3 is 2.38 bits per heavy atom. The quantitative estimate of drug-likeness (QED) is 0.816. The fraction of sp³-hybridized carbons (Fsp3) is 0.455. The molecule has 0 atom stereocenters. The lowest BCUT2D eigenvalue weighted by Crippen LogP contribution is -2.07. The van der Waals surface area contributed by atoms with E-state index in [1.807, 2.05) is 19.9 Å². The highest BCUT2D eigenvalue weighted by atomic mass is 32.2. The third-order valence-electron chi connectivity index (χ3n) is 2.14. The summed E-state index contributed by atoms with van der Waals surface area (Å²) in [6, 6.07) is 5.33. The zero-order chi connectivity index (χ0) is 12.3. The van der Waals surface area contributed by atoms with Crippen molar-refractivity contribution in [1.82, 2.24) is 0 Å². The van der Waals surface area contributed by atoms with Crippen LogP contribution in [0.25, 0.3) is 0 Å². The Morgan fingerprint density at radius 2 is 1.94 bits per heavy atom. The number of nitrogens with two attached hydrogens (primary N) is 1. The van der Waals surface area contributed by atoms with Gasteiger partial charge in [-0.25, -0.2) is 0 Å². The second kappa shape index (κ2) is 4.84. The lowest BCUT2D eigenvalue weighted by atomic mass is 10.0. The molecule has 1 aromatic rings. The van der Waals surface area contributed by atoms with Gasteiger partial charge in [-0.15, -0.1) is 0 Å². The van der Waals surface area contributed by atoms with Crippen LogP contribution in [0.3, 0.4) is 0 Å². The lowest BCUT2D eigenvalue weighted by molar-refractivity contribution is 0.492. The third kappa shape index (κ3) is 3.83. The monoisotopic (exact) mass is 243 g/mol. The van der Waals surface area contributed by atoms with E-state index >= 15 is 0 Å². The average Bonchev–Trinajstić information content (AvgIpc) is 2.14. The van der Waals surface area contributed by atoms with Crippen molar-refractivity contribution in [2.75, 3.05) is 6.26 Å². The summed E-state index contributed by atoms with van der Waals surface area (Å²) in [4.78, 5) is 0. The van der Waals surface area contributed by atoms with E-state index in [1.54, 1.807) is 12.1 Å². The maximum Gasteiger partial charge on any atom is 0.306 e. The van der Waals surface area contributed by atoms with E-state index in [1.165, 1.54) is 0 Å². The van der Waals surface area contributed by atoms with Gasteiger partial charge in [-0.1, -0.05) is 19.9 Å². The van der Waals surface area contributed by atoms with E-state index in [0.29, 0.717) is 18.2 Å². The molecule has 2 N–H and O–H groups in total. The first-order valence-corrected chi connectivity index (χ1v) is 6.87. The van der Waals surface area contributed by atoms with E-state index in [2.05, 4.69) is 0 Å². The first kappa shape index (κ1) is 13.0. The van der Waals surface area contributed by atoms with Crippen molar-refractivity contribution in [3.05, 3.63) is 29.3 Å². The van der Waals surface area contributed by atoms with Crippen LogP contribution in [0.2, 0.25) is 0 Å². The summed E-state index contributed by atoms with van der Waals surface area (Å²) in [5, 5.41) is 0. The highest BCUT2D eigenvalue weighted by Gasteiger charge is 2.08. The van der Waals surface area contributed by atoms with Gasteiger partial charge >= 0.3 is 10.1 Å². The summed E-state index contributed by atoms with van der Waals surface area (Å²) in [5.41, 5.74) is 7.43. The molecule has 90 valence electrons. The smallest absolute Gasteiger partial charge is 0.306 e. The minimum atomic E-state index is -3.49. The molecule has 0 amide bonds. The van der Waals surface area contributed by atoms with E-state index < -0.39 is 10.1 Å². The predicted molar refractivity (Wildman–Crippen MR) is 63.9 cm³/mol. The molecule has 0 saturated heterocycles. The van der Waals surface area contributed by atoms with Crippen LogP contribution in [0.1, 0.15) is 30.9 Å². The molecule has 1 aromatic carbocycles. The van der Waals surface area contributed by atoms with Crippen molar-refractivity contribution in [1.29, 1.82) is 0 Å². The van der Waals surface area contributed by atoms with Crippen molar-refractivity contribution in [2.24, 2.45) is 5.73 Å². The number of hydrogen-bond donors (Lipinski definition) is 1. The highest BCUT2D eigenvalue weighted by Crippen LogP contribution is 2.23. The highest BCUT2D eigenvalue weighted by molar-refractivity contribution is 7.86. The lowest BCUT2D eigenvalue weighted by Gasteiger charge is -2.11. The van der Waals surface area contributed by atoms with Gasteiger partial charge < -0.3 is 9.92 Å². The molecular formula is C11H17NO3S. The van der Waals surface area contributed by atoms with Crippen LogP contribution in [0.4, 0.5) is 0 Å². The number of benzene rings is 1. The summed E-state index contributed by atoms with van der Waals surface area (Å²) in [6.45, 7) is 4.42.